The minimum atomic E-state index is -0.811. The lowest BCUT2D eigenvalue weighted by atomic mass is 10.0. The molecule has 0 saturated carbocycles. The number of hydrogen-bond donors (Lipinski definition) is 1. The van der Waals surface area contributed by atoms with Gasteiger partial charge in [0.05, 0.1) is 5.92 Å². The standard InChI is InChI=1S/C12H22N2O3/c1-8(2)5-14(9(3)4)12(17)13-6-10(7-13)11(15)16/h8-10H,5-7H2,1-4H3,(H,15,16). The Hall–Kier alpha value is -1.26. The quantitative estimate of drug-likeness (QED) is 0.812. The maximum Gasteiger partial charge on any atom is 0.320 e. The van der Waals surface area contributed by atoms with E-state index in [0.29, 0.717) is 25.6 Å². The first kappa shape index (κ1) is 13.8. The van der Waals surface area contributed by atoms with Gasteiger partial charge in [0, 0.05) is 25.7 Å². The second-order valence-corrected chi connectivity index (χ2v) is 5.36. The van der Waals surface area contributed by atoms with E-state index in [0.717, 1.165) is 0 Å². The zero-order valence-electron chi connectivity index (χ0n) is 11.0. The van der Waals surface area contributed by atoms with Crippen molar-refractivity contribution in [3.63, 3.8) is 0 Å². The van der Waals surface area contributed by atoms with Crippen LogP contribution in [0.15, 0.2) is 0 Å². The molecule has 1 N–H and O–H groups in total. The van der Waals surface area contributed by atoms with Crippen molar-refractivity contribution in [1.82, 2.24) is 9.80 Å². The number of nitrogens with zero attached hydrogens (tertiary/aromatic N) is 2. The minimum Gasteiger partial charge on any atom is -0.481 e. The number of hydrogen-bond acceptors (Lipinski definition) is 2. The highest BCUT2D eigenvalue weighted by atomic mass is 16.4. The number of carboxylic acid groups (broad SMARTS) is 1. The number of carboxylic acids is 1. The summed E-state index contributed by atoms with van der Waals surface area (Å²) in [4.78, 5) is 26.2. The predicted molar refractivity (Wildman–Crippen MR) is 64.8 cm³/mol. The highest BCUT2D eigenvalue weighted by Gasteiger charge is 2.38. The molecular weight excluding hydrogens is 220 g/mol. The first-order valence-electron chi connectivity index (χ1n) is 6.11. The molecule has 1 aliphatic heterocycles. The summed E-state index contributed by atoms with van der Waals surface area (Å²) in [6, 6.07) is 0.111. The fourth-order valence-electron chi connectivity index (χ4n) is 1.88. The lowest BCUT2D eigenvalue weighted by Gasteiger charge is -2.41. The lowest BCUT2D eigenvalue weighted by Crippen LogP contribution is -2.58. The number of carbonyl (C=O) groups is 2. The molecule has 0 unspecified atom stereocenters. The van der Waals surface area contributed by atoms with Crippen LogP contribution in [0.3, 0.4) is 0 Å². The Morgan fingerprint density at radius 3 is 2.18 bits per heavy atom. The van der Waals surface area contributed by atoms with Crippen LogP contribution in [0, 0.1) is 11.8 Å². The van der Waals surface area contributed by atoms with E-state index in [2.05, 4.69) is 13.8 Å². The van der Waals surface area contributed by atoms with Crippen molar-refractivity contribution in [2.45, 2.75) is 33.7 Å². The van der Waals surface area contributed by atoms with Crippen LogP contribution < -0.4 is 0 Å². The first-order chi connectivity index (χ1) is 7.82. The van der Waals surface area contributed by atoms with E-state index >= 15 is 0 Å². The van der Waals surface area contributed by atoms with Crippen LogP contribution in [0.2, 0.25) is 0 Å². The zero-order valence-corrected chi connectivity index (χ0v) is 11.0. The zero-order chi connectivity index (χ0) is 13.2. The van der Waals surface area contributed by atoms with Crippen molar-refractivity contribution in [1.29, 1.82) is 0 Å². The summed E-state index contributed by atoms with van der Waals surface area (Å²) in [7, 11) is 0. The summed E-state index contributed by atoms with van der Waals surface area (Å²) >= 11 is 0. The molecule has 1 saturated heterocycles. The van der Waals surface area contributed by atoms with E-state index in [1.54, 1.807) is 4.90 Å². The maximum atomic E-state index is 12.1. The van der Waals surface area contributed by atoms with Gasteiger partial charge in [-0.3, -0.25) is 4.79 Å². The van der Waals surface area contributed by atoms with E-state index in [1.807, 2.05) is 18.7 Å². The van der Waals surface area contributed by atoms with Crippen LogP contribution in [-0.4, -0.2) is 52.6 Å². The number of aliphatic carboxylic acids is 1. The summed E-state index contributed by atoms with van der Waals surface area (Å²) in [5.41, 5.74) is 0. The molecule has 1 rings (SSSR count). The Labute approximate surface area is 102 Å². The Bertz CT molecular complexity index is 296. The molecule has 5 nitrogen and oxygen atoms in total. The van der Waals surface area contributed by atoms with Crippen molar-refractivity contribution in [3.05, 3.63) is 0 Å². The smallest absolute Gasteiger partial charge is 0.320 e. The van der Waals surface area contributed by atoms with Crippen LogP contribution in [0.5, 0.6) is 0 Å². The third-order valence-electron chi connectivity index (χ3n) is 2.93. The summed E-state index contributed by atoms with van der Waals surface area (Å²) < 4.78 is 0. The van der Waals surface area contributed by atoms with Crippen LogP contribution in [0.4, 0.5) is 4.79 Å². The maximum absolute atomic E-state index is 12.1. The highest BCUT2D eigenvalue weighted by molar-refractivity contribution is 5.80. The van der Waals surface area contributed by atoms with E-state index in [9.17, 15) is 9.59 Å². The van der Waals surface area contributed by atoms with Crippen molar-refractivity contribution >= 4 is 12.0 Å². The Kier molecular flexibility index (Phi) is 4.37. The van der Waals surface area contributed by atoms with Crippen LogP contribution in [-0.2, 0) is 4.79 Å². The Balaban J connectivity index is 2.53. The molecule has 1 fully saturated rings. The molecule has 1 aliphatic rings. The van der Waals surface area contributed by atoms with Crippen LogP contribution in [0.25, 0.3) is 0 Å². The molecule has 17 heavy (non-hydrogen) atoms. The topological polar surface area (TPSA) is 60.9 Å². The van der Waals surface area contributed by atoms with Crippen LogP contribution >= 0.6 is 0 Å². The second kappa shape index (κ2) is 5.38. The highest BCUT2D eigenvalue weighted by Crippen LogP contribution is 2.19. The second-order valence-electron chi connectivity index (χ2n) is 5.36. The number of rotatable bonds is 4. The van der Waals surface area contributed by atoms with Gasteiger partial charge in [0.2, 0.25) is 0 Å². The van der Waals surface area contributed by atoms with Gasteiger partial charge < -0.3 is 14.9 Å². The van der Waals surface area contributed by atoms with E-state index in [4.69, 9.17) is 5.11 Å². The average Bonchev–Trinajstić information content (AvgIpc) is 2.09. The van der Waals surface area contributed by atoms with E-state index < -0.39 is 5.97 Å². The molecular formula is C12H22N2O3. The molecule has 0 aliphatic carbocycles. The van der Waals surface area contributed by atoms with Crippen LogP contribution in [0.1, 0.15) is 27.7 Å². The molecule has 98 valence electrons. The average molecular weight is 242 g/mol. The summed E-state index contributed by atoms with van der Waals surface area (Å²) in [5, 5.41) is 8.77. The molecule has 5 heteroatoms. The van der Waals surface area contributed by atoms with Crippen molar-refractivity contribution < 1.29 is 14.7 Å². The van der Waals surface area contributed by atoms with Gasteiger partial charge in [-0.15, -0.1) is 0 Å². The van der Waals surface area contributed by atoms with E-state index in [1.165, 1.54) is 0 Å². The largest absolute Gasteiger partial charge is 0.481 e. The van der Waals surface area contributed by atoms with Gasteiger partial charge in [0.25, 0.3) is 0 Å². The molecule has 0 aromatic carbocycles. The minimum absolute atomic E-state index is 0.0359. The number of amides is 2. The van der Waals surface area contributed by atoms with Crippen molar-refractivity contribution in [2.75, 3.05) is 19.6 Å². The van der Waals surface area contributed by atoms with E-state index in [-0.39, 0.29) is 18.0 Å². The van der Waals surface area contributed by atoms with Gasteiger partial charge in [-0.2, -0.15) is 0 Å². The molecule has 0 aromatic heterocycles. The molecule has 0 aromatic rings. The fraction of sp³-hybridized carbons (Fsp3) is 0.833. The van der Waals surface area contributed by atoms with Gasteiger partial charge in [0.15, 0.2) is 0 Å². The number of urea groups is 1. The predicted octanol–water partition coefficient (Wildman–Crippen LogP) is 1.49. The molecule has 0 radical (unpaired) electrons. The molecule has 1 heterocycles. The normalized spacial score (nSPS) is 16.2. The van der Waals surface area contributed by atoms with Gasteiger partial charge in [-0.05, 0) is 19.8 Å². The third-order valence-corrected chi connectivity index (χ3v) is 2.93. The van der Waals surface area contributed by atoms with Crippen molar-refractivity contribution in [3.8, 4) is 0 Å². The molecule has 0 atom stereocenters. The SMILES string of the molecule is CC(C)CN(C(=O)N1CC(C(=O)O)C1)C(C)C. The van der Waals surface area contributed by atoms with Gasteiger partial charge in [-0.1, -0.05) is 13.8 Å². The summed E-state index contributed by atoms with van der Waals surface area (Å²) in [6.45, 7) is 9.50. The summed E-state index contributed by atoms with van der Waals surface area (Å²) in [5.74, 6) is -0.779. The van der Waals surface area contributed by atoms with Gasteiger partial charge in [0.1, 0.15) is 0 Å². The Morgan fingerprint density at radius 2 is 1.82 bits per heavy atom. The number of likely N-dealkylation sites (tertiary alicyclic amines) is 1. The molecule has 0 bridgehead atoms. The first-order valence-corrected chi connectivity index (χ1v) is 6.11. The molecule has 0 spiro atoms. The molecule has 2 amide bonds. The monoisotopic (exact) mass is 242 g/mol. The van der Waals surface area contributed by atoms with Gasteiger partial charge >= 0.3 is 12.0 Å². The Morgan fingerprint density at radius 1 is 1.29 bits per heavy atom. The van der Waals surface area contributed by atoms with Crippen molar-refractivity contribution in [2.24, 2.45) is 11.8 Å². The van der Waals surface area contributed by atoms with Gasteiger partial charge in [-0.25, -0.2) is 4.79 Å². The number of carbonyl (C=O) groups excluding carboxylic acids is 1. The summed E-state index contributed by atoms with van der Waals surface area (Å²) in [6.07, 6.45) is 0. The fourth-order valence-corrected chi connectivity index (χ4v) is 1.88. The third kappa shape index (κ3) is 3.35. The lowest BCUT2D eigenvalue weighted by molar-refractivity contribution is -0.146.